The molecule has 2 N–H and O–H groups in total. The Morgan fingerprint density at radius 2 is 1.92 bits per heavy atom. The minimum atomic E-state index is -0.683. The molecule has 6 nitrogen and oxygen atoms in total. The lowest BCUT2D eigenvalue weighted by Gasteiger charge is -2.33. The molecule has 0 bridgehead atoms. The summed E-state index contributed by atoms with van der Waals surface area (Å²) in [6.45, 7) is 11.9. The second kappa shape index (κ2) is 9.08. The third-order valence-corrected chi connectivity index (χ3v) is 4.46. The van der Waals surface area contributed by atoms with Crippen LogP contribution in [0.4, 0.5) is 10.5 Å². The van der Waals surface area contributed by atoms with Gasteiger partial charge in [-0.2, -0.15) is 0 Å². The van der Waals surface area contributed by atoms with Crippen LogP contribution in [-0.2, 0) is 9.53 Å². The van der Waals surface area contributed by atoms with Gasteiger partial charge in [0.05, 0.1) is 6.04 Å². The van der Waals surface area contributed by atoms with Crippen molar-refractivity contribution in [3.63, 3.8) is 0 Å². The van der Waals surface area contributed by atoms with Crippen molar-refractivity contribution in [3.8, 4) is 0 Å². The zero-order chi connectivity index (χ0) is 19.1. The molecule has 1 aliphatic heterocycles. The minimum Gasteiger partial charge on any atom is -0.461 e. The van der Waals surface area contributed by atoms with Crippen LogP contribution in [-0.4, -0.2) is 31.7 Å². The van der Waals surface area contributed by atoms with Gasteiger partial charge in [-0.25, -0.2) is 4.79 Å². The number of benzene rings is 1. The molecule has 1 aromatic carbocycles. The number of hydrogen-bond acceptors (Lipinski definition) is 4. The Kier molecular flexibility index (Phi) is 6.83. The van der Waals surface area contributed by atoms with E-state index in [2.05, 4.69) is 36.0 Å². The van der Waals surface area contributed by atoms with Gasteiger partial charge in [-0.05, 0) is 38.5 Å². The number of carbonyl (C=O) groups excluding carboxylic acids is 2. The van der Waals surface area contributed by atoms with Gasteiger partial charge in [0.25, 0.3) is 0 Å². The normalized spacial score (nSPS) is 19.8. The van der Waals surface area contributed by atoms with Crippen LogP contribution in [0.3, 0.4) is 0 Å². The molecule has 140 valence electrons. The lowest BCUT2D eigenvalue weighted by Crippen LogP contribution is -2.51. The highest BCUT2D eigenvalue weighted by atomic mass is 16.5. The molecule has 1 aliphatic rings. The Morgan fingerprint density at radius 3 is 2.50 bits per heavy atom. The molecule has 0 radical (unpaired) electrons. The van der Waals surface area contributed by atoms with Crippen molar-refractivity contribution in [1.29, 1.82) is 0 Å². The molecule has 1 heterocycles. The first-order valence-electron chi connectivity index (χ1n) is 8.90. The number of anilines is 1. The largest absolute Gasteiger partial charge is 0.461 e. The molecular weight excluding hydrogens is 330 g/mol. The van der Waals surface area contributed by atoms with E-state index in [4.69, 9.17) is 4.74 Å². The van der Waals surface area contributed by atoms with Crippen molar-refractivity contribution in [1.82, 2.24) is 10.6 Å². The fourth-order valence-electron chi connectivity index (χ4n) is 3.04. The number of carbonyl (C=O) groups is 2. The SMILES string of the molecule is C=C1NC(=O)N[C@H](c2ccc(N(CC)CC)cc2)[C@H]1C(=O)OC/C=C/C. The van der Waals surface area contributed by atoms with Crippen LogP contribution in [0, 0.1) is 5.92 Å². The van der Waals surface area contributed by atoms with Crippen LogP contribution in [0.25, 0.3) is 0 Å². The maximum absolute atomic E-state index is 12.5. The summed E-state index contributed by atoms with van der Waals surface area (Å²) in [5.74, 6) is -1.10. The molecular formula is C20H27N3O3. The van der Waals surface area contributed by atoms with Crippen LogP contribution in [0.2, 0.25) is 0 Å². The Bertz CT molecular complexity index is 678. The van der Waals surface area contributed by atoms with Crippen molar-refractivity contribution in [2.24, 2.45) is 5.92 Å². The Labute approximate surface area is 154 Å². The topological polar surface area (TPSA) is 70.7 Å². The predicted octanol–water partition coefficient (Wildman–Crippen LogP) is 3.14. The molecule has 1 fully saturated rings. The first-order valence-corrected chi connectivity index (χ1v) is 8.90. The number of esters is 1. The number of rotatable bonds is 7. The second-order valence-electron chi connectivity index (χ2n) is 6.04. The first-order chi connectivity index (χ1) is 12.5. The zero-order valence-electron chi connectivity index (χ0n) is 15.6. The van der Waals surface area contributed by atoms with Crippen LogP contribution in [0.15, 0.2) is 48.7 Å². The fraction of sp³-hybridized carbons (Fsp3) is 0.400. The predicted molar refractivity (Wildman–Crippen MR) is 103 cm³/mol. The number of amides is 2. The van der Waals surface area contributed by atoms with Crippen LogP contribution in [0.1, 0.15) is 32.4 Å². The molecule has 2 rings (SSSR count). The summed E-state index contributed by atoms with van der Waals surface area (Å²) in [5, 5.41) is 5.39. The standard InChI is InChI=1S/C20H27N3O3/c1-5-8-13-26-19(24)17-14(4)21-20(25)22-18(17)15-9-11-16(12-10-15)23(6-2)7-3/h5,8-12,17-18H,4,6-7,13H2,1-3H3,(H2,21,22,25)/b8-5+/t17-,18+/m0/s1. The van der Waals surface area contributed by atoms with E-state index >= 15 is 0 Å². The Hall–Kier alpha value is -2.76. The number of hydrogen-bond donors (Lipinski definition) is 2. The quantitative estimate of drug-likeness (QED) is 0.581. The third kappa shape index (κ3) is 4.45. The number of nitrogens with one attached hydrogen (secondary N) is 2. The van der Waals surface area contributed by atoms with Crippen molar-refractivity contribution in [2.45, 2.75) is 26.8 Å². The number of ether oxygens (including phenoxy) is 1. The van der Waals surface area contributed by atoms with Crippen LogP contribution >= 0.6 is 0 Å². The average molecular weight is 357 g/mol. The summed E-state index contributed by atoms with van der Waals surface area (Å²) in [7, 11) is 0. The van der Waals surface area contributed by atoms with Crippen LogP contribution in [0.5, 0.6) is 0 Å². The number of nitrogens with zero attached hydrogens (tertiary/aromatic N) is 1. The monoisotopic (exact) mass is 357 g/mol. The summed E-state index contributed by atoms with van der Waals surface area (Å²) in [6, 6.07) is 6.99. The summed E-state index contributed by atoms with van der Waals surface area (Å²) in [6.07, 6.45) is 3.57. The van der Waals surface area contributed by atoms with E-state index < -0.39 is 17.9 Å². The van der Waals surface area contributed by atoms with Gasteiger partial charge < -0.3 is 20.3 Å². The fourth-order valence-corrected chi connectivity index (χ4v) is 3.04. The van der Waals surface area contributed by atoms with E-state index in [-0.39, 0.29) is 12.6 Å². The van der Waals surface area contributed by atoms with E-state index in [1.54, 1.807) is 6.08 Å². The highest BCUT2D eigenvalue weighted by Crippen LogP contribution is 2.31. The van der Waals surface area contributed by atoms with Crippen molar-refractivity contribution >= 4 is 17.7 Å². The molecule has 0 saturated carbocycles. The van der Waals surface area contributed by atoms with Gasteiger partial charge >= 0.3 is 12.0 Å². The summed E-state index contributed by atoms with van der Waals surface area (Å²) in [4.78, 5) is 26.7. The molecule has 0 spiro atoms. The summed E-state index contributed by atoms with van der Waals surface area (Å²) >= 11 is 0. The molecule has 0 unspecified atom stereocenters. The second-order valence-corrected chi connectivity index (χ2v) is 6.04. The molecule has 2 amide bonds. The molecule has 1 aromatic rings. The molecule has 6 heteroatoms. The maximum Gasteiger partial charge on any atom is 0.319 e. The van der Waals surface area contributed by atoms with E-state index in [1.165, 1.54) is 0 Å². The molecule has 1 saturated heterocycles. The van der Waals surface area contributed by atoms with Gasteiger partial charge in [-0.1, -0.05) is 30.9 Å². The number of allylic oxidation sites excluding steroid dienone is 1. The molecule has 0 aromatic heterocycles. The first kappa shape index (κ1) is 19.6. The minimum absolute atomic E-state index is 0.195. The maximum atomic E-state index is 12.5. The summed E-state index contributed by atoms with van der Waals surface area (Å²) in [5.41, 5.74) is 2.28. The van der Waals surface area contributed by atoms with Crippen molar-refractivity contribution in [3.05, 3.63) is 54.3 Å². The van der Waals surface area contributed by atoms with E-state index in [1.807, 2.05) is 37.3 Å². The lowest BCUT2D eigenvalue weighted by atomic mass is 9.89. The van der Waals surface area contributed by atoms with Gasteiger partial charge in [0, 0.05) is 24.5 Å². The van der Waals surface area contributed by atoms with Gasteiger partial charge in [0.1, 0.15) is 12.5 Å². The molecule has 0 aliphatic carbocycles. The van der Waals surface area contributed by atoms with Crippen molar-refractivity contribution in [2.75, 3.05) is 24.6 Å². The van der Waals surface area contributed by atoms with Crippen molar-refractivity contribution < 1.29 is 14.3 Å². The van der Waals surface area contributed by atoms with E-state index in [9.17, 15) is 9.59 Å². The van der Waals surface area contributed by atoms with Gasteiger partial charge in [0.2, 0.25) is 0 Å². The van der Waals surface area contributed by atoms with Gasteiger partial charge in [-0.3, -0.25) is 4.79 Å². The summed E-state index contributed by atoms with van der Waals surface area (Å²) < 4.78 is 5.29. The van der Waals surface area contributed by atoms with E-state index in [0.717, 1.165) is 24.3 Å². The Balaban J connectivity index is 2.25. The number of urea groups is 1. The zero-order valence-corrected chi connectivity index (χ0v) is 15.6. The van der Waals surface area contributed by atoms with Crippen LogP contribution < -0.4 is 15.5 Å². The molecule has 2 atom stereocenters. The lowest BCUT2D eigenvalue weighted by molar-refractivity contribution is -0.147. The Morgan fingerprint density at radius 1 is 1.27 bits per heavy atom. The highest BCUT2D eigenvalue weighted by molar-refractivity contribution is 5.85. The highest BCUT2D eigenvalue weighted by Gasteiger charge is 2.38. The smallest absolute Gasteiger partial charge is 0.319 e. The third-order valence-electron chi connectivity index (χ3n) is 4.46. The van der Waals surface area contributed by atoms with Gasteiger partial charge in [-0.15, -0.1) is 0 Å². The average Bonchev–Trinajstić information content (AvgIpc) is 2.62. The van der Waals surface area contributed by atoms with E-state index in [0.29, 0.717) is 5.70 Å². The molecule has 26 heavy (non-hydrogen) atoms. The van der Waals surface area contributed by atoms with Gasteiger partial charge in [0.15, 0.2) is 0 Å².